The molecule has 0 spiro atoms. The van der Waals surface area contributed by atoms with Crippen molar-refractivity contribution in [3.05, 3.63) is 121 Å². The van der Waals surface area contributed by atoms with E-state index < -0.39 is 95.7 Å². The van der Waals surface area contributed by atoms with Crippen LogP contribution in [0.15, 0.2) is 121 Å². The summed E-state index contributed by atoms with van der Waals surface area (Å²) in [6.45, 7) is 42.2. The molecule has 4 fully saturated rings. The van der Waals surface area contributed by atoms with Gasteiger partial charge in [0.05, 0.1) is 57.5 Å². The molecule has 0 aromatic heterocycles. The van der Waals surface area contributed by atoms with Crippen molar-refractivity contribution in [3.63, 3.8) is 0 Å². The van der Waals surface area contributed by atoms with Crippen molar-refractivity contribution in [2.24, 2.45) is 5.92 Å². The summed E-state index contributed by atoms with van der Waals surface area (Å²) in [6.07, 6.45) is -2.96. The lowest BCUT2D eigenvalue weighted by molar-refractivity contribution is -0.00370. The Morgan fingerprint density at radius 1 is 0.420 bits per heavy atom. The third-order valence-corrected chi connectivity index (χ3v) is 41.1. The highest BCUT2D eigenvalue weighted by molar-refractivity contribution is 7.69. The largest absolute Gasteiger partial charge is 0.409 e. The van der Waals surface area contributed by atoms with Crippen molar-refractivity contribution >= 4 is 79.8 Å². The molecule has 81 heavy (non-hydrogen) atoms. The Balaban J connectivity index is 1.13. The quantitative estimate of drug-likeness (QED) is 0.0582. The highest BCUT2D eigenvalue weighted by atomic mass is 31.3. The van der Waals surface area contributed by atoms with Gasteiger partial charge in [0.15, 0.2) is 16.6 Å². The predicted octanol–water partition coefficient (Wildman–Crippen LogP) is 14.1. The first kappa shape index (κ1) is 65.5. The van der Waals surface area contributed by atoms with E-state index in [2.05, 4.69) is 244 Å². The molecular weight excluding hydrogens is 1150 g/mol. The Hall–Kier alpha value is -1.48. The molecule has 0 bridgehead atoms. The number of hydrogen-bond donors (Lipinski definition) is 0. The summed E-state index contributed by atoms with van der Waals surface area (Å²) < 4.78 is 91.4. The van der Waals surface area contributed by atoms with E-state index in [9.17, 15) is 0 Å². The van der Waals surface area contributed by atoms with Gasteiger partial charge in [0.1, 0.15) is 24.4 Å². The van der Waals surface area contributed by atoms with E-state index in [1.165, 1.54) is 20.7 Å². The molecule has 13 nitrogen and oxygen atoms in total. The van der Waals surface area contributed by atoms with E-state index in [4.69, 9.17) is 58.4 Å². The second-order valence-electron chi connectivity index (χ2n) is 27.4. The molecule has 6 unspecified atom stereocenters. The van der Waals surface area contributed by atoms with Gasteiger partial charge in [0.25, 0.3) is 16.6 Å². The zero-order chi connectivity index (χ0) is 58.8. The summed E-state index contributed by atoms with van der Waals surface area (Å²) in [7, 11) is -17.2. The van der Waals surface area contributed by atoms with Gasteiger partial charge in [-0.3, -0.25) is 0 Å². The molecule has 0 radical (unpaired) electrons. The maximum Gasteiger partial charge on any atom is 0.347 e. The van der Waals surface area contributed by atoms with E-state index in [-0.39, 0.29) is 44.9 Å². The van der Waals surface area contributed by atoms with Crippen molar-refractivity contribution in [2.45, 2.75) is 199 Å². The Morgan fingerprint density at radius 2 is 0.716 bits per heavy atom. The number of hydrogen-bond acceptors (Lipinski definition) is 13. The molecule has 20 heteroatoms. The molecule has 0 saturated carbocycles. The minimum absolute atomic E-state index is 0.0294. The Kier molecular flexibility index (Phi) is 21.4. The molecule has 12 atom stereocenters. The second-order valence-corrected chi connectivity index (χ2v) is 49.5. The molecule has 4 heterocycles. The van der Waals surface area contributed by atoms with Crippen molar-refractivity contribution in [3.8, 4) is 0 Å². The number of benzene rings is 4. The first-order chi connectivity index (χ1) is 38.0. The van der Waals surface area contributed by atoms with Crippen molar-refractivity contribution < 1.29 is 58.4 Å². The van der Waals surface area contributed by atoms with E-state index in [1.54, 1.807) is 0 Å². The fourth-order valence-corrected chi connectivity index (χ4v) is 27.7. The van der Waals surface area contributed by atoms with Crippen molar-refractivity contribution in [1.29, 1.82) is 0 Å². The third-order valence-electron chi connectivity index (χ3n) is 17.6. The molecule has 4 aliphatic heterocycles. The number of ether oxygens (including phenoxy) is 3. The Bertz CT molecular complexity index is 2510. The van der Waals surface area contributed by atoms with Crippen molar-refractivity contribution in [1.82, 2.24) is 0 Å². The van der Waals surface area contributed by atoms with Gasteiger partial charge in [-0.1, -0.05) is 218 Å². The highest BCUT2D eigenvalue weighted by Crippen LogP contribution is 2.74. The predicted molar refractivity (Wildman–Crippen MR) is 339 cm³/mol. The molecule has 8 rings (SSSR count). The lowest BCUT2D eigenvalue weighted by Crippen LogP contribution is -2.67. The average molecular weight is 1240 g/mol. The molecule has 0 amide bonds. The van der Waals surface area contributed by atoms with Crippen LogP contribution in [0.2, 0.25) is 46.3 Å². The zero-order valence-corrected chi connectivity index (χ0v) is 58.3. The first-order valence-corrected chi connectivity index (χ1v) is 42.1. The summed E-state index contributed by atoms with van der Waals surface area (Å²) in [5.74, 6) is -0.0294. The SMILES string of the molecule is CC[C@H]1OC[C@@H](O[Si](C)(C)C(C)(C)C)C1OP1OP(OC2[C@@H](CO[Si](c3ccccc3)(c3ccccc3)C(C)(C)C)OC[C@H]2O[Si](C)(C)C(C)(C)C)OP(O[C@@H]2C(C)CO[C@@H]2CO[Si](c2ccccc2)(c2ccccc2)C(C)(C)C)O1. The maximum absolute atomic E-state index is 7.58. The third kappa shape index (κ3) is 14.6. The van der Waals surface area contributed by atoms with Gasteiger partial charge in [-0.05, 0) is 73.5 Å². The monoisotopic (exact) mass is 1240 g/mol. The van der Waals surface area contributed by atoms with Crippen LogP contribution >= 0.6 is 25.8 Å². The van der Waals surface area contributed by atoms with Gasteiger partial charge >= 0.3 is 25.8 Å². The molecule has 4 aliphatic rings. The summed E-state index contributed by atoms with van der Waals surface area (Å²) in [4.78, 5) is 0. The lowest BCUT2D eigenvalue weighted by atomic mass is 10.1. The van der Waals surface area contributed by atoms with E-state index in [0.29, 0.717) is 32.8 Å². The fourth-order valence-electron chi connectivity index (χ4n) is 11.1. The van der Waals surface area contributed by atoms with Crippen LogP contribution in [0.5, 0.6) is 0 Å². The molecule has 448 valence electrons. The molecule has 4 aromatic rings. The molecule has 4 saturated heterocycles. The normalized spacial score (nSPS) is 28.4. The van der Waals surface area contributed by atoms with Gasteiger partial charge in [-0.15, -0.1) is 0 Å². The van der Waals surface area contributed by atoms with Gasteiger partial charge in [-0.2, -0.15) is 0 Å². The highest BCUT2D eigenvalue weighted by Gasteiger charge is 2.57. The van der Waals surface area contributed by atoms with E-state index in [0.717, 1.165) is 0 Å². The zero-order valence-electron chi connectivity index (χ0n) is 51.6. The van der Waals surface area contributed by atoms with Crippen LogP contribution in [0.1, 0.15) is 103 Å². The van der Waals surface area contributed by atoms with Crippen LogP contribution in [0, 0.1) is 5.92 Å². The first-order valence-electron chi connectivity index (χ1n) is 29.2. The topological polar surface area (TPSA) is 120 Å². The second kappa shape index (κ2) is 26.5. The van der Waals surface area contributed by atoms with Crippen LogP contribution in [-0.2, 0) is 58.4 Å². The standard InChI is InChI=1S/C61H95O13P3Si4/c1-19-50-56(53(41-63-50)70-78(15,16)58(3,4)5)68-76-72-75(67-55-45(2)40-62-51(55)43-65-80(60(9,10)11,46-32-24-20-25-33-46)47-34-26-21-27-35-47)73-77(74-76)69-57-52(64-42-54(57)71-79(17,18)59(6,7)8)44-66-81(61(12,13)14,48-36-28-22-29-37-48)49-38-30-23-31-39-49/h20-39,45,50-57H,19,40-44H2,1-18H3/t45?,50-,51-,52-,53-,54-,55-,56?,57?,75?,76?,77?/m1/s1. The van der Waals surface area contributed by atoms with Crippen LogP contribution in [0.25, 0.3) is 0 Å². The summed E-state index contributed by atoms with van der Waals surface area (Å²) in [6, 6.07) is 42.7. The molecule has 0 aliphatic carbocycles. The average Bonchev–Trinajstić information content (AvgIpc) is 3.66. The van der Waals surface area contributed by atoms with Crippen LogP contribution < -0.4 is 20.7 Å². The van der Waals surface area contributed by atoms with Gasteiger partial charge in [0, 0.05) is 5.92 Å². The number of rotatable bonds is 21. The Labute approximate surface area is 494 Å². The smallest absolute Gasteiger partial charge is 0.347 e. The maximum atomic E-state index is 7.58. The lowest BCUT2D eigenvalue weighted by Gasteiger charge is -2.44. The molecule has 0 N–H and O–H groups in total. The summed E-state index contributed by atoms with van der Waals surface area (Å²) in [5.41, 5.74) is 0. The van der Waals surface area contributed by atoms with Crippen LogP contribution in [0.4, 0.5) is 0 Å². The summed E-state index contributed by atoms with van der Waals surface area (Å²) in [5, 5.41) is 4.10. The van der Waals surface area contributed by atoms with E-state index in [1.807, 2.05) is 0 Å². The Morgan fingerprint density at radius 3 is 1.04 bits per heavy atom. The van der Waals surface area contributed by atoms with Gasteiger partial charge in [0.2, 0.25) is 0 Å². The summed E-state index contributed by atoms with van der Waals surface area (Å²) >= 11 is 0. The van der Waals surface area contributed by atoms with Crippen LogP contribution in [0.3, 0.4) is 0 Å². The minimum Gasteiger partial charge on any atom is -0.409 e. The minimum atomic E-state index is -3.01. The fraction of sp³-hybridized carbons (Fsp3) is 0.607. The molecular formula is C61H95O13P3Si4. The van der Waals surface area contributed by atoms with Gasteiger partial charge in [-0.25, -0.2) is 12.9 Å². The van der Waals surface area contributed by atoms with Gasteiger partial charge < -0.3 is 45.5 Å². The van der Waals surface area contributed by atoms with E-state index >= 15 is 0 Å². The molecule has 4 aromatic carbocycles. The van der Waals surface area contributed by atoms with Crippen molar-refractivity contribution in [2.75, 3.05) is 33.0 Å². The van der Waals surface area contributed by atoms with Crippen LogP contribution in [-0.4, -0.2) is 115 Å².